The highest BCUT2D eigenvalue weighted by atomic mass is 15.1. The first-order valence-corrected chi connectivity index (χ1v) is 6.26. The SMILES string of the molecule is N#Cc1nnc2ccccc2c1NCCc1ncc[nH]1. The largest absolute Gasteiger partial charge is 0.382 e. The van der Waals surface area contributed by atoms with Crippen LogP contribution < -0.4 is 5.32 Å². The van der Waals surface area contributed by atoms with Crippen molar-refractivity contribution in [1.82, 2.24) is 20.2 Å². The number of nitrogens with zero attached hydrogens (tertiary/aromatic N) is 4. The molecule has 2 N–H and O–H groups in total. The van der Waals surface area contributed by atoms with Crippen molar-refractivity contribution in [2.75, 3.05) is 11.9 Å². The fraction of sp³-hybridized carbons (Fsp3) is 0.143. The minimum atomic E-state index is 0.308. The van der Waals surface area contributed by atoms with E-state index in [0.717, 1.165) is 28.8 Å². The zero-order valence-corrected chi connectivity index (χ0v) is 10.7. The highest BCUT2D eigenvalue weighted by molar-refractivity contribution is 5.92. The average molecular weight is 264 g/mol. The molecule has 0 aliphatic heterocycles. The smallest absolute Gasteiger partial charge is 0.186 e. The molecule has 2 heterocycles. The molecule has 0 unspecified atom stereocenters. The fourth-order valence-corrected chi connectivity index (χ4v) is 2.05. The summed E-state index contributed by atoms with van der Waals surface area (Å²) in [7, 11) is 0. The van der Waals surface area contributed by atoms with Gasteiger partial charge in [-0.05, 0) is 6.07 Å². The van der Waals surface area contributed by atoms with Crippen LogP contribution in [-0.2, 0) is 6.42 Å². The topological polar surface area (TPSA) is 90.3 Å². The molecule has 0 fully saturated rings. The van der Waals surface area contributed by atoms with Gasteiger partial charge in [-0.15, -0.1) is 10.2 Å². The fourth-order valence-electron chi connectivity index (χ4n) is 2.05. The highest BCUT2D eigenvalue weighted by Crippen LogP contribution is 2.23. The van der Waals surface area contributed by atoms with E-state index in [1.54, 1.807) is 12.4 Å². The summed E-state index contributed by atoms with van der Waals surface area (Å²) in [5, 5.41) is 21.3. The van der Waals surface area contributed by atoms with Crippen molar-refractivity contribution in [3.8, 4) is 6.07 Å². The van der Waals surface area contributed by atoms with Gasteiger partial charge in [0.25, 0.3) is 0 Å². The molecule has 3 rings (SSSR count). The number of aromatic nitrogens is 4. The number of rotatable bonds is 4. The van der Waals surface area contributed by atoms with E-state index in [9.17, 15) is 0 Å². The third kappa shape index (κ3) is 2.29. The van der Waals surface area contributed by atoms with E-state index in [1.165, 1.54) is 0 Å². The van der Waals surface area contributed by atoms with Gasteiger partial charge in [-0.2, -0.15) is 5.26 Å². The lowest BCUT2D eigenvalue weighted by Gasteiger charge is -2.09. The van der Waals surface area contributed by atoms with Gasteiger partial charge in [-0.25, -0.2) is 4.98 Å². The first kappa shape index (κ1) is 12.1. The van der Waals surface area contributed by atoms with Crippen LogP contribution in [0, 0.1) is 11.3 Å². The third-order valence-electron chi connectivity index (χ3n) is 2.99. The first-order chi connectivity index (χ1) is 9.88. The second-order valence-electron chi connectivity index (χ2n) is 4.27. The molecule has 0 saturated carbocycles. The minimum absolute atomic E-state index is 0.308. The van der Waals surface area contributed by atoms with Crippen LogP contribution >= 0.6 is 0 Å². The Kier molecular flexibility index (Phi) is 3.25. The van der Waals surface area contributed by atoms with Crippen LogP contribution in [0.3, 0.4) is 0 Å². The van der Waals surface area contributed by atoms with Crippen molar-refractivity contribution in [3.05, 3.63) is 48.2 Å². The van der Waals surface area contributed by atoms with Crippen LogP contribution in [0.25, 0.3) is 10.9 Å². The Morgan fingerprint density at radius 1 is 1.25 bits per heavy atom. The monoisotopic (exact) mass is 264 g/mol. The zero-order chi connectivity index (χ0) is 13.8. The number of benzene rings is 1. The van der Waals surface area contributed by atoms with Crippen molar-refractivity contribution in [2.24, 2.45) is 0 Å². The van der Waals surface area contributed by atoms with Crippen LogP contribution in [0.2, 0.25) is 0 Å². The van der Waals surface area contributed by atoms with Gasteiger partial charge in [-0.1, -0.05) is 18.2 Å². The molecule has 2 aromatic heterocycles. The second kappa shape index (κ2) is 5.36. The number of nitriles is 1. The summed E-state index contributed by atoms with van der Waals surface area (Å²) in [4.78, 5) is 7.21. The van der Waals surface area contributed by atoms with Crippen molar-refractivity contribution in [2.45, 2.75) is 6.42 Å². The van der Waals surface area contributed by atoms with Crippen molar-refractivity contribution in [1.29, 1.82) is 5.26 Å². The normalized spacial score (nSPS) is 10.3. The molecule has 0 atom stereocenters. The zero-order valence-electron chi connectivity index (χ0n) is 10.7. The second-order valence-corrected chi connectivity index (χ2v) is 4.27. The molecule has 6 heteroatoms. The summed E-state index contributed by atoms with van der Waals surface area (Å²) in [6, 6.07) is 9.70. The predicted octanol–water partition coefficient (Wildman–Crippen LogP) is 1.88. The van der Waals surface area contributed by atoms with E-state index >= 15 is 0 Å². The molecular weight excluding hydrogens is 252 g/mol. The molecule has 0 aliphatic carbocycles. The van der Waals surface area contributed by atoms with Gasteiger partial charge in [-0.3, -0.25) is 0 Å². The lowest BCUT2D eigenvalue weighted by atomic mass is 10.1. The molecule has 20 heavy (non-hydrogen) atoms. The highest BCUT2D eigenvalue weighted by Gasteiger charge is 2.09. The lowest BCUT2D eigenvalue weighted by Crippen LogP contribution is -2.09. The summed E-state index contributed by atoms with van der Waals surface area (Å²) < 4.78 is 0. The number of H-pyrrole nitrogens is 1. The van der Waals surface area contributed by atoms with Gasteiger partial charge >= 0.3 is 0 Å². The Hall–Kier alpha value is -2.94. The van der Waals surface area contributed by atoms with Gasteiger partial charge < -0.3 is 10.3 Å². The number of nitrogens with one attached hydrogen (secondary N) is 2. The summed E-state index contributed by atoms with van der Waals surface area (Å²) >= 11 is 0. The number of hydrogen-bond acceptors (Lipinski definition) is 5. The number of aromatic amines is 1. The minimum Gasteiger partial charge on any atom is -0.382 e. The first-order valence-electron chi connectivity index (χ1n) is 6.26. The van der Waals surface area contributed by atoms with Crippen LogP contribution in [0.15, 0.2) is 36.7 Å². The Balaban J connectivity index is 1.87. The molecule has 6 nitrogen and oxygen atoms in total. The summed E-state index contributed by atoms with van der Waals surface area (Å²) in [6.45, 7) is 0.665. The summed E-state index contributed by atoms with van der Waals surface area (Å²) in [6.07, 6.45) is 4.26. The molecular formula is C14H12N6. The lowest BCUT2D eigenvalue weighted by molar-refractivity contribution is 0.924. The van der Waals surface area contributed by atoms with E-state index in [2.05, 4.69) is 31.6 Å². The van der Waals surface area contributed by atoms with Crippen LogP contribution in [0.4, 0.5) is 5.69 Å². The van der Waals surface area contributed by atoms with Gasteiger partial charge in [0.1, 0.15) is 11.9 Å². The molecule has 0 bridgehead atoms. The Bertz CT molecular complexity index is 757. The summed E-state index contributed by atoms with van der Waals surface area (Å²) in [5.74, 6) is 0.905. The molecule has 0 saturated heterocycles. The summed E-state index contributed by atoms with van der Waals surface area (Å²) in [5.41, 5.74) is 1.81. The number of imidazole rings is 1. The number of fused-ring (bicyclic) bond motifs is 1. The van der Waals surface area contributed by atoms with Crippen molar-refractivity contribution in [3.63, 3.8) is 0 Å². The van der Waals surface area contributed by atoms with E-state index in [4.69, 9.17) is 5.26 Å². The Labute approximate surface area is 115 Å². The maximum absolute atomic E-state index is 9.15. The predicted molar refractivity (Wildman–Crippen MR) is 75.0 cm³/mol. The quantitative estimate of drug-likeness (QED) is 0.750. The van der Waals surface area contributed by atoms with Crippen LogP contribution in [-0.4, -0.2) is 26.7 Å². The molecule has 0 spiro atoms. The standard InChI is InChI=1S/C14H12N6/c15-9-12-14(18-6-5-13-16-7-8-17-13)10-3-1-2-4-11(10)19-20-12/h1-4,7-8H,5-6H2,(H,16,17)(H,18,19). The number of anilines is 1. The van der Waals surface area contributed by atoms with Crippen molar-refractivity contribution < 1.29 is 0 Å². The van der Waals surface area contributed by atoms with Crippen molar-refractivity contribution >= 4 is 16.6 Å². The van der Waals surface area contributed by atoms with E-state index in [-0.39, 0.29) is 0 Å². The van der Waals surface area contributed by atoms with E-state index in [0.29, 0.717) is 12.2 Å². The molecule has 0 amide bonds. The van der Waals surface area contributed by atoms with E-state index in [1.807, 2.05) is 24.3 Å². The van der Waals surface area contributed by atoms with E-state index < -0.39 is 0 Å². The van der Waals surface area contributed by atoms with Gasteiger partial charge in [0.15, 0.2) is 5.69 Å². The Morgan fingerprint density at radius 2 is 2.15 bits per heavy atom. The molecule has 3 aromatic rings. The Morgan fingerprint density at radius 3 is 2.95 bits per heavy atom. The maximum atomic E-state index is 9.15. The van der Waals surface area contributed by atoms with Crippen LogP contribution in [0.5, 0.6) is 0 Å². The molecule has 1 aromatic carbocycles. The van der Waals surface area contributed by atoms with Gasteiger partial charge in [0, 0.05) is 30.7 Å². The van der Waals surface area contributed by atoms with Crippen LogP contribution in [0.1, 0.15) is 11.5 Å². The average Bonchev–Trinajstić information content (AvgIpc) is 3.00. The third-order valence-corrected chi connectivity index (χ3v) is 2.99. The van der Waals surface area contributed by atoms with Gasteiger partial charge in [0.2, 0.25) is 0 Å². The molecule has 0 radical (unpaired) electrons. The number of hydrogen-bond donors (Lipinski definition) is 2. The molecule has 98 valence electrons. The van der Waals surface area contributed by atoms with Gasteiger partial charge in [0.05, 0.1) is 11.2 Å². The molecule has 0 aliphatic rings. The maximum Gasteiger partial charge on any atom is 0.186 e.